The van der Waals surface area contributed by atoms with E-state index in [1.54, 1.807) is 6.92 Å². The van der Waals surface area contributed by atoms with Crippen LogP contribution < -0.4 is 10.1 Å². The molecular weight excluding hydrogens is 330 g/mol. The molecule has 1 aromatic carbocycles. The van der Waals surface area contributed by atoms with Gasteiger partial charge >= 0.3 is 5.97 Å². The number of carboxylic acids is 1. The van der Waals surface area contributed by atoms with Gasteiger partial charge in [0.05, 0.1) is 18.2 Å². The van der Waals surface area contributed by atoms with E-state index in [4.69, 9.17) is 9.84 Å². The van der Waals surface area contributed by atoms with Gasteiger partial charge in [-0.15, -0.1) is 5.10 Å². The van der Waals surface area contributed by atoms with Crippen LogP contribution in [0.1, 0.15) is 32.8 Å². The maximum absolute atomic E-state index is 11.6. The predicted octanol–water partition coefficient (Wildman–Crippen LogP) is 2.26. The second-order valence-electron chi connectivity index (χ2n) is 5.48. The van der Waals surface area contributed by atoms with Gasteiger partial charge in [0, 0.05) is 0 Å². The largest absolute Gasteiger partial charge is 0.491 e. The molecule has 0 saturated carbocycles. The minimum Gasteiger partial charge on any atom is -0.491 e. The number of benzene rings is 1. The van der Waals surface area contributed by atoms with Crippen molar-refractivity contribution in [2.45, 2.75) is 38.5 Å². The highest BCUT2D eigenvalue weighted by Crippen LogP contribution is 2.22. The van der Waals surface area contributed by atoms with Gasteiger partial charge in [0.15, 0.2) is 5.17 Å². The van der Waals surface area contributed by atoms with Crippen LogP contribution in [0.5, 0.6) is 5.75 Å². The molecule has 2 N–H and O–H groups in total. The fourth-order valence-electron chi connectivity index (χ4n) is 1.97. The second kappa shape index (κ2) is 7.96. The lowest BCUT2D eigenvalue weighted by Gasteiger charge is -2.09. The zero-order chi connectivity index (χ0) is 17.7. The highest BCUT2D eigenvalue weighted by molar-refractivity contribution is 8.15. The second-order valence-corrected chi connectivity index (χ2v) is 6.67. The number of carbonyl (C=O) groups excluding carboxylic acids is 1. The quantitative estimate of drug-likeness (QED) is 0.606. The molecule has 2 rings (SSSR count). The van der Waals surface area contributed by atoms with Crippen LogP contribution in [0.3, 0.4) is 0 Å². The number of carboxylic acid groups (broad SMARTS) is 1. The van der Waals surface area contributed by atoms with Crippen LogP contribution in [-0.2, 0) is 9.59 Å². The van der Waals surface area contributed by atoms with E-state index in [0.717, 1.165) is 23.1 Å². The zero-order valence-corrected chi connectivity index (χ0v) is 14.5. The smallest absolute Gasteiger partial charge is 0.305 e. The Kier molecular flexibility index (Phi) is 5.97. The van der Waals surface area contributed by atoms with E-state index in [9.17, 15) is 9.59 Å². The summed E-state index contributed by atoms with van der Waals surface area (Å²) in [5, 5.41) is 19.0. The lowest BCUT2D eigenvalue weighted by atomic mass is 10.1. The van der Waals surface area contributed by atoms with E-state index in [2.05, 4.69) is 15.5 Å². The Hall–Kier alpha value is -2.35. The first-order valence-electron chi connectivity index (χ1n) is 7.44. The topological polar surface area (TPSA) is 100 Å². The van der Waals surface area contributed by atoms with Crippen molar-refractivity contribution in [1.82, 2.24) is 5.32 Å². The molecule has 128 valence electrons. The van der Waals surface area contributed by atoms with E-state index in [1.807, 2.05) is 38.1 Å². The number of nitrogens with zero attached hydrogens (tertiary/aromatic N) is 2. The number of amidine groups is 1. The highest BCUT2D eigenvalue weighted by atomic mass is 32.2. The monoisotopic (exact) mass is 349 g/mol. The molecule has 1 fully saturated rings. The van der Waals surface area contributed by atoms with Crippen molar-refractivity contribution in [2.24, 2.45) is 10.2 Å². The first-order chi connectivity index (χ1) is 11.3. The molecule has 24 heavy (non-hydrogen) atoms. The fourth-order valence-corrected chi connectivity index (χ4v) is 2.88. The highest BCUT2D eigenvalue weighted by Gasteiger charge is 2.32. The SMILES string of the molecule is CC(=NN=C1NC(=O)[C@H](CC(=O)O)S1)c1ccc(OC(C)C)cc1. The number of hydrogen-bond donors (Lipinski definition) is 2. The number of rotatable bonds is 6. The van der Waals surface area contributed by atoms with Crippen molar-refractivity contribution in [2.75, 3.05) is 0 Å². The number of ether oxygens (including phenoxy) is 1. The summed E-state index contributed by atoms with van der Waals surface area (Å²) in [6.45, 7) is 5.72. The molecule has 1 atom stereocenters. The van der Waals surface area contributed by atoms with Crippen molar-refractivity contribution in [1.29, 1.82) is 0 Å². The van der Waals surface area contributed by atoms with Crippen LogP contribution in [0.15, 0.2) is 34.5 Å². The van der Waals surface area contributed by atoms with Crippen LogP contribution in [0, 0.1) is 0 Å². The number of nitrogens with one attached hydrogen (secondary N) is 1. The Morgan fingerprint density at radius 1 is 1.38 bits per heavy atom. The number of aliphatic carboxylic acids is 1. The molecular formula is C16H19N3O4S. The van der Waals surface area contributed by atoms with Gasteiger partial charge < -0.3 is 15.2 Å². The molecule has 1 saturated heterocycles. The minimum atomic E-state index is -1.02. The van der Waals surface area contributed by atoms with Crippen LogP contribution in [-0.4, -0.2) is 39.2 Å². The zero-order valence-electron chi connectivity index (χ0n) is 13.6. The molecule has 1 amide bonds. The fraction of sp³-hybridized carbons (Fsp3) is 0.375. The summed E-state index contributed by atoms with van der Waals surface area (Å²) >= 11 is 1.07. The average Bonchev–Trinajstić information content (AvgIpc) is 2.84. The van der Waals surface area contributed by atoms with E-state index >= 15 is 0 Å². The number of amides is 1. The van der Waals surface area contributed by atoms with Crippen LogP contribution >= 0.6 is 11.8 Å². The Labute approximate surface area is 144 Å². The minimum absolute atomic E-state index is 0.110. The molecule has 1 heterocycles. The van der Waals surface area contributed by atoms with E-state index in [1.165, 1.54) is 0 Å². The van der Waals surface area contributed by atoms with Crippen LogP contribution in [0.2, 0.25) is 0 Å². The van der Waals surface area contributed by atoms with Crippen molar-refractivity contribution >= 4 is 34.5 Å². The van der Waals surface area contributed by atoms with Crippen LogP contribution in [0.4, 0.5) is 0 Å². The Morgan fingerprint density at radius 3 is 2.62 bits per heavy atom. The summed E-state index contributed by atoms with van der Waals surface area (Å²) < 4.78 is 5.58. The molecule has 1 aromatic rings. The van der Waals surface area contributed by atoms with Crippen LogP contribution in [0.25, 0.3) is 0 Å². The molecule has 0 aromatic heterocycles. The third-order valence-electron chi connectivity index (χ3n) is 3.07. The van der Waals surface area contributed by atoms with Gasteiger partial charge in [-0.25, -0.2) is 0 Å². The summed E-state index contributed by atoms with van der Waals surface area (Å²) in [6, 6.07) is 7.47. The third-order valence-corrected chi connectivity index (χ3v) is 4.14. The van der Waals surface area contributed by atoms with Gasteiger partial charge in [0.1, 0.15) is 11.0 Å². The molecule has 0 aliphatic carbocycles. The van der Waals surface area contributed by atoms with Gasteiger partial charge in [0.2, 0.25) is 5.91 Å². The average molecular weight is 349 g/mol. The van der Waals surface area contributed by atoms with Gasteiger partial charge in [-0.2, -0.15) is 5.10 Å². The van der Waals surface area contributed by atoms with Crippen molar-refractivity contribution in [3.05, 3.63) is 29.8 Å². The summed E-state index contributed by atoms with van der Waals surface area (Å²) in [7, 11) is 0. The molecule has 0 radical (unpaired) electrons. The maximum atomic E-state index is 11.6. The van der Waals surface area contributed by atoms with E-state index < -0.39 is 11.2 Å². The first-order valence-corrected chi connectivity index (χ1v) is 8.31. The van der Waals surface area contributed by atoms with Crippen molar-refractivity contribution in [3.8, 4) is 5.75 Å². The molecule has 8 heteroatoms. The standard InChI is InChI=1S/C16H19N3O4S/c1-9(2)23-12-6-4-11(5-7-12)10(3)18-19-16-17-15(22)13(24-16)8-14(20)21/h4-7,9,13H,8H2,1-3H3,(H,20,21)(H,17,19,22)/t13-/m0/s1. The van der Waals surface area contributed by atoms with Gasteiger partial charge in [-0.1, -0.05) is 11.8 Å². The molecule has 0 spiro atoms. The number of thioether (sulfide) groups is 1. The third kappa shape index (κ3) is 5.09. The van der Waals surface area contributed by atoms with Crippen molar-refractivity contribution < 1.29 is 19.4 Å². The first kappa shape index (κ1) is 18.0. The van der Waals surface area contributed by atoms with Gasteiger partial charge in [0.25, 0.3) is 0 Å². The lowest BCUT2D eigenvalue weighted by molar-refractivity contribution is -0.138. The van der Waals surface area contributed by atoms with Crippen molar-refractivity contribution in [3.63, 3.8) is 0 Å². The lowest BCUT2D eigenvalue weighted by Crippen LogP contribution is -2.26. The van der Waals surface area contributed by atoms with Gasteiger partial charge in [-0.05, 0) is 50.6 Å². The molecule has 7 nitrogen and oxygen atoms in total. The normalized spacial score (nSPS) is 19.7. The van der Waals surface area contributed by atoms with E-state index in [0.29, 0.717) is 10.9 Å². The Bertz CT molecular complexity index is 683. The molecule has 0 unspecified atom stereocenters. The molecule has 1 aliphatic heterocycles. The Balaban J connectivity index is 2.03. The Morgan fingerprint density at radius 2 is 2.04 bits per heavy atom. The molecule has 1 aliphatic rings. The summed E-state index contributed by atoms with van der Waals surface area (Å²) in [4.78, 5) is 22.3. The summed E-state index contributed by atoms with van der Waals surface area (Å²) in [5.74, 6) is -0.598. The van der Waals surface area contributed by atoms with Gasteiger partial charge in [-0.3, -0.25) is 9.59 Å². The maximum Gasteiger partial charge on any atom is 0.305 e. The number of carbonyl (C=O) groups is 2. The number of hydrogen-bond acceptors (Lipinski definition) is 6. The predicted molar refractivity (Wildman–Crippen MR) is 93.6 cm³/mol. The van der Waals surface area contributed by atoms with E-state index in [-0.39, 0.29) is 18.4 Å². The molecule has 0 bridgehead atoms. The summed E-state index contributed by atoms with van der Waals surface area (Å²) in [6.07, 6.45) is -0.131. The summed E-state index contributed by atoms with van der Waals surface area (Å²) in [5.41, 5.74) is 1.56.